The first kappa shape index (κ1) is 23.0. The first-order valence-corrected chi connectivity index (χ1v) is 10.6. The Hall–Kier alpha value is -1.26. The first-order chi connectivity index (χ1) is 13.2. The largest absolute Gasteiger partial charge is 0.444 e. The number of benzene rings is 1. The van der Waals surface area contributed by atoms with Crippen LogP contribution in [0.2, 0.25) is 0 Å². The molecular formula is C20H29IN4O2S. The van der Waals surface area contributed by atoms with E-state index in [1.807, 2.05) is 42.1 Å². The molecule has 1 aromatic carbocycles. The molecule has 3 rings (SSSR count). The Kier molecular flexibility index (Phi) is 9.60. The summed E-state index contributed by atoms with van der Waals surface area (Å²) < 4.78 is 11.3. The monoisotopic (exact) mass is 516 g/mol. The van der Waals surface area contributed by atoms with Crippen LogP contribution < -0.4 is 10.6 Å². The third kappa shape index (κ3) is 6.38. The highest BCUT2D eigenvalue weighted by Gasteiger charge is 2.31. The van der Waals surface area contributed by atoms with E-state index in [9.17, 15) is 0 Å². The number of hydrogen-bond donors (Lipinski definition) is 2. The highest BCUT2D eigenvalue weighted by molar-refractivity contribution is 14.0. The molecule has 2 heterocycles. The molecule has 1 aliphatic heterocycles. The lowest BCUT2D eigenvalue weighted by Gasteiger charge is -2.36. The number of oxazole rings is 1. The second kappa shape index (κ2) is 11.7. The van der Waals surface area contributed by atoms with Crippen molar-refractivity contribution in [1.29, 1.82) is 0 Å². The lowest BCUT2D eigenvalue weighted by atomic mass is 9.99. The maximum Gasteiger partial charge on any atom is 0.226 e. The Morgan fingerprint density at radius 3 is 2.64 bits per heavy atom. The smallest absolute Gasteiger partial charge is 0.226 e. The summed E-state index contributed by atoms with van der Waals surface area (Å²) in [6.45, 7) is 5.89. The topological polar surface area (TPSA) is 71.7 Å². The van der Waals surface area contributed by atoms with E-state index in [-0.39, 0.29) is 28.7 Å². The van der Waals surface area contributed by atoms with Crippen LogP contribution in [0.4, 0.5) is 0 Å². The molecule has 1 aromatic heterocycles. The molecule has 0 atom stereocenters. The van der Waals surface area contributed by atoms with E-state index in [1.165, 1.54) is 0 Å². The fourth-order valence-corrected chi connectivity index (χ4v) is 3.83. The summed E-state index contributed by atoms with van der Waals surface area (Å²) in [6.07, 6.45) is 5.98. The number of rotatable bonds is 7. The summed E-state index contributed by atoms with van der Waals surface area (Å²) in [5, 5.41) is 6.81. The summed E-state index contributed by atoms with van der Waals surface area (Å²) in [4.78, 5) is 9.21. The number of hydrogen-bond acceptors (Lipinski definition) is 5. The number of thioether (sulfide) groups is 1. The first-order valence-electron chi connectivity index (χ1n) is 9.39. The van der Waals surface area contributed by atoms with Gasteiger partial charge in [-0.1, -0.05) is 18.2 Å². The SMILES string of the molecule is CCNC(=NCc1coc(-c2ccccc2)n1)NCC1(SC)CCOCC1.I. The summed E-state index contributed by atoms with van der Waals surface area (Å²) in [6, 6.07) is 9.90. The van der Waals surface area contributed by atoms with Crippen molar-refractivity contribution in [1.82, 2.24) is 15.6 Å². The van der Waals surface area contributed by atoms with Crippen LogP contribution in [0.1, 0.15) is 25.5 Å². The quantitative estimate of drug-likeness (QED) is 0.330. The van der Waals surface area contributed by atoms with Crippen LogP contribution in [0, 0.1) is 0 Å². The molecule has 0 saturated carbocycles. The number of aliphatic imine (C=N–C) groups is 1. The molecule has 0 aliphatic carbocycles. The van der Waals surface area contributed by atoms with Gasteiger partial charge in [-0.25, -0.2) is 9.98 Å². The average molecular weight is 516 g/mol. The van der Waals surface area contributed by atoms with E-state index in [4.69, 9.17) is 9.15 Å². The third-order valence-corrected chi connectivity index (χ3v) is 6.15. The molecule has 0 unspecified atom stereocenters. The summed E-state index contributed by atoms with van der Waals surface area (Å²) in [5.41, 5.74) is 1.79. The van der Waals surface area contributed by atoms with Crippen LogP contribution in [0.3, 0.4) is 0 Å². The number of nitrogens with one attached hydrogen (secondary N) is 2. The van der Waals surface area contributed by atoms with Crippen LogP contribution in [0.25, 0.3) is 11.5 Å². The summed E-state index contributed by atoms with van der Waals surface area (Å²) in [5.74, 6) is 1.43. The van der Waals surface area contributed by atoms with Gasteiger partial charge in [0.05, 0.1) is 6.54 Å². The number of halogens is 1. The van der Waals surface area contributed by atoms with Crippen molar-refractivity contribution in [3.8, 4) is 11.5 Å². The number of aromatic nitrogens is 1. The van der Waals surface area contributed by atoms with Gasteiger partial charge in [-0.2, -0.15) is 11.8 Å². The van der Waals surface area contributed by atoms with E-state index >= 15 is 0 Å². The zero-order valence-electron chi connectivity index (χ0n) is 16.4. The van der Waals surface area contributed by atoms with Crippen LogP contribution in [0.15, 0.2) is 46.0 Å². The van der Waals surface area contributed by atoms with E-state index in [0.29, 0.717) is 12.4 Å². The molecule has 8 heteroatoms. The van der Waals surface area contributed by atoms with E-state index in [1.54, 1.807) is 6.26 Å². The van der Waals surface area contributed by atoms with E-state index in [0.717, 1.165) is 56.4 Å². The lowest BCUT2D eigenvalue weighted by Crippen LogP contribution is -2.47. The second-order valence-corrected chi connectivity index (χ2v) is 7.83. The molecule has 0 bridgehead atoms. The Balaban J connectivity index is 0.00000280. The van der Waals surface area contributed by atoms with E-state index < -0.39 is 0 Å². The Labute approximate surface area is 188 Å². The molecule has 0 radical (unpaired) electrons. The van der Waals surface area contributed by atoms with Crippen molar-refractivity contribution in [3.63, 3.8) is 0 Å². The molecule has 2 N–H and O–H groups in total. The predicted octanol–water partition coefficient (Wildman–Crippen LogP) is 3.93. The van der Waals surface area contributed by atoms with Gasteiger partial charge in [0.2, 0.25) is 5.89 Å². The summed E-state index contributed by atoms with van der Waals surface area (Å²) >= 11 is 1.92. The third-order valence-electron chi connectivity index (χ3n) is 4.73. The van der Waals surface area contributed by atoms with Crippen molar-refractivity contribution in [2.45, 2.75) is 31.1 Å². The molecule has 0 amide bonds. The van der Waals surface area contributed by atoms with Gasteiger partial charge in [0, 0.05) is 36.6 Å². The maximum atomic E-state index is 5.59. The minimum absolute atomic E-state index is 0. The normalized spacial score (nSPS) is 16.3. The van der Waals surface area contributed by atoms with Gasteiger partial charge in [0.1, 0.15) is 12.0 Å². The Morgan fingerprint density at radius 1 is 1.21 bits per heavy atom. The maximum absolute atomic E-state index is 5.59. The van der Waals surface area contributed by atoms with E-state index in [2.05, 4.69) is 33.8 Å². The fourth-order valence-electron chi connectivity index (χ4n) is 3.04. The average Bonchev–Trinajstić information content (AvgIpc) is 3.20. The van der Waals surface area contributed by atoms with Crippen molar-refractivity contribution in [2.24, 2.45) is 4.99 Å². The van der Waals surface area contributed by atoms with Crippen molar-refractivity contribution >= 4 is 41.7 Å². The van der Waals surface area contributed by atoms with Gasteiger partial charge in [-0.3, -0.25) is 0 Å². The highest BCUT2D eigenvalue weighted by Crippen LogP contribution is 2.32. The van der Waals surface area contributed by atoms with Gasteiger partial charge < -0.3 is 19.8 Å². The number of ether oxygens (including phenoxy) is 1. The van der Waals surface area contributed by atoms with Gasteiger partial charge >= 0.3 is 0 Å². The Morgan fingerprint density at radius 2 is 1.96 bits per heavy atom. The Bertz CT molecular complexity index is 733. The lowest BCUT2D eigenvalue weighted by molar-refractivity contribution is 0.0783. The minimum Gasteiger partial charge on any atom is -0.444 e. The van der Waals surface area contributed by atoms with Gasteiger partial charge in [0.25, 0.3) is 0 Å². The van der Waals surface area contributed by atoms with Gasteiger partial charge in [-0.05, 0) is 38.2 Å². The molecule has 28 heavy (non-hydrogen) atoms. The van der Waals surface area contributed by atoms with Crippen LogP contribution in [-0.2, 0) is 11.3 Å². The highest BCUT2D eigenvalue weighted by atomic mass is 127. The molecule has 1 saturated heterocycles. The predicted molar refractivity (Wildman–Crippen MR) is 126 cm³/mol. The zero-order valence-corrected chi connectivity index (χ0v) is 19.6. The summed E-state index contributed by atoms with van der Waals surface area (Å²) in [7, 11) is 0. The van der Waals surface area contributed by atoms with Gasteiger partial charge in [0.15, 0.2) is 5.96 Å². The molecule has 154 valence electrons. The zero-order chi connectivity index (χ0) is 19.0. The molecule has 1 fully saturated rings. The van der Waals surface area contributed by atoms with Crippen LogP contribution in [0.5, 0.6) is 0 Å². The molecular weight excluding hydrogens is 487 g/mol. The van der Waals surface area contributed by atoms with Crippen LogP contribution in [-0.4, -0.2) is 48.2 Å². The van der Waals surface area contributed by atoms with Crippen LogP contribution >= 0.6 is 35.7 Å². The van der Waals surface area contributed by atoms with Crippen molar-refractivity contribution < 1.29 is 9.15 Å². The molecule has 2 aromatic rings. The molecule has 1 aliphatic rings. The molecule has 6 nitrogen and oxygen atoms in total. The standard InChI is InChI=1S/C20H28N4O2S.HI/c1-3-21-19(23-15-20(27-2)9-11-25-12-10-20)22-13-17-14-26-18(24-17)16-7-5-4-6-8-16;/h4-8,14H,3,9-13,15H2,1-2H3,(H2,21,22,23);1H. The van der Waals surface area contributed by atoms with Crippen molar-refractivity contribution in [2.75, 3.05) is 32.6 Å². The van der Waals surface area contributed by atoms with Gasteiger partial charge in [-0.15, -0.1) is 24.0 Å². The minimum atomic E-state index is 0. The number of nitrogens with zero attached hydrogens (tertiary/aromatic N) is 2. The fraction of sp³-hybridized carbons (Fsp3) is 0.500. The number of guanidine groups is 1. The second-order valence-electron chi connectivity index (χ2n) is 6.56. The van der Waals surface area contributed by atoms with Crippen molar-refractivity contribution in [3.05, 3.63) is 42.3 Å². The molecule has 0 spiro atoms.